The number of phenolic OH excluding ortho intramolecular Hbond substituents is 1. The predicted molar refractivity (Wildman–Crippen MR) is 96.1 cm³/mol. The van der Waals surface area contributed by atoms with Gasteiger partial charge in [-0.15, -0.1) is 10.2 Å². The molecular weight excluding hydrogens is 340 g/mol. The highest BCUT2D eigenvalue weighted by molar-refractivity contribution is 8.07. The summed E-state index contributed by atoms with van der Waals surface area (Å²) >= 11 is 3.38. The van der Waals surface area contributed by atoms with Crippen LogP contribution in [-0.2, 0) is 0 Å². The number of hydrogen-bond acceptors (Lipinski definition) is 6. The highest BCUT2D eigenvalue weighted by Crippen LogP contribution is 2.51. The number of hydrogen-bond donors (Lipinski definition) is 1. The zero-order chi connectivity index (χ0) is 16.1. The summed E-state index contributed by atoms with van der Waals surface area (Å²) in [5, 5.41) is 24.8. The molecule has 1 unspecified atom stereocenters. The molecule has 1 atom stereocenters. The maximum absolute atomic E-state index is 9.54. The van der Waals surface area contributed by atoms with Gasteiger partial charge in [0.1, 0.15) is 16.2 Å². The Morgan fingerprint density at radius 2 is 1.75 bits per heavy atom. The van der Waals surface area contributed by atoms with E-state index in [1.165, 1.54) is 0 Å². The lowest BCUT2D eigenvalue weighted by molar-refractivity contribution is 0.475. The van der Waals surface area contributed by atoms with E-state index in [0.29, 0.717) is 0 Å². The molecule has 0 fully saturated rings. The van der Waals surface area contributed by atoms with Crippen LogP contribution >= 0.6 is 23.5 Å². The SMILES string of the molecule is Oc1ccc(C2SC=C3Sc4nnc(-c5ccccc5)n4N32)cc1. The number of benzene rings is 2. The van der Waals surface area contributed by atoms with E-state index < -0.39 is 0 Å². The van der Waals surface area contributed by atoms with Crippen LogP contribution in [0.15, 0.2) is 70.2 Å². The minimum Gasteiger partial charge on any atom is -0.508 e. The van der Waals surface area contributed by atoms with Crippen LogP contribution < -0.4 is 5.01 Å². The molecule has 7 heteroatoms. The number of nitrogens with zero attached hydrogens (tertiary/aromatic N) is 4. The van der Waals surface area contributed by atoms with E-state index in [9.17, 15) is 5.11 Å². The van der Waals surface area contributed by atoms with E-state index >= 15 is 0 Å². The van der Waals surface area contributed by atoms with E-state index in [1.54, 1.807) is 35.7 Å². The monoisotopic (exact) mass is 352 g/mol. The van der Waals surface area contributed by atoms with Crippen molar-refractivity contribution < 1.29 is 5.11 Å². The third kappa shape index (κ3) is 2.05. The molecule has 2 aromatic carbocycles. The van der Waals surface area contributed by atoms with Gasteiger partial charge in [-0.1, -0.05) is 54.2 Å². The molecule has 24 heavy (non-hydrogen) atoms. The highest BCUT2D eigenvalue weighted by Gasteiger charge is 2.39. The molecule has 5 rings (SSSR count). The molecule has 0 aliphatic carbocycles. The summed E-state index contributed by atoms with van der Waals surface area (Å²) in [6, 6.07) is 17.5. The Bertz CT molecular complexity index is 937. The topological polar surface area (TPSA) is 54.2 Å². The first kappa shape index (κ1) is 14.0. The van der Waals surface area contributed by atoms with Crippen molar-refractivity contribution in [1.82, 2.24) is 14.9 Å². The van der Waals surface area contributed by atoms with Gasteiger partial charge in [0.2, 0.25) is 5.16 Å². The first-order valence-electron chi connectivity index (χ1n) is 7.44. The second-order valence-electron chi connectivity index (χ2n) is 5.47. The Kier molecular flexibility index (Phi) is 3.11. The summed E-state index contributed by atoms with van der Waals surface area (Å²) in [5.74, 6) is 1.12. The van der Waals surface area contributed by atoms with Crippen LogP contribution in [0.3, 0.4) is 0 Å². The van der Waals surface area contributed by atoms with Gasteiger partial charge in [-0.3, -0.25) is 5.01 Å². The summed E-state index contributed by atoms with van der Waals surface area (Å²) in [5.41, 5.74) is 2.17. The van der Waals surface area contributed by atoms with E-state index in [1.807, 2.05) is 42.5 Å². The standard InChI is InChI=1S/C17H12N4OS2/c22-13-8-6-12(7-9-13)16-20-14(10-23-16)24-17-19-18-15(21(17)20)11-4-2-1-3-5-11/h1-10,16,22H. The summed E-state index contributed by atoms with van der Waals surface area (Å²) in [4.78, 5) is 0. The van der Waals surface area contributed by atoms with Crippen LogP contribution in [0.5, 0.6) is 5.75 Å². The van der Waals surface area contributed by atoms with Crippen LogP contribution in [-0.4, -0.2) is 20.0 Å². The van der Waals surface area contributed by atoms with Crippen LogP contribution in [0.4, 0.5) is 0 Å². The maximum atomic E-state index is 9.54. The Morgan fingerprint density at radius 3 is 2.54 bits per heavy atom. The van der Waals surface area contributed by atoms with Crippen LogP contribution in [0.25, 0.3) is 11.4 Å². The molecule has 1 N–H and O–H groups in total. The number of aromatic nitrogens is 3. The van der Waals surface area contributed by atoms with Crippen molar-refractivity contribution in [3.8, 4) is 17.1 Å². The maximum Gasteiger partial charge on any atom is 0.217 e. The molecule has 0 saturated heterocycles. The minimum atomic E-state index is 0.104. The molecule has 3 heterocycles. The highest BCUT2D eigenvalue weighted by atomic mass is 32.2. The summed E-state index contributed by atoms with van der Waals surface area (Å²) in [6.07, 6.45) is 0. The van der Waals surface area contributed by atoms with Crippen molar-refractivity contribution in [2.75, 3.05) is 5.01 Å². The van der Waals surface area contributed by atoms with Gasteiger partial charge in [0, 0.05) is 11.0 Å². The van der Waals surface area contributed by atoms with E-state index in [-0.39, 0.29) is 11.1 Å². The van der Waals surface area contributed by atoms with E-state index in [2.05, 4.69) is 25.3 Å². The molecule has 1 aromatic heterocycles. The Labute approximate surface area is 147 Å². The van der Waals surface area contributed by atoms with Gasteiger partial charge < -0.3 is 5.11 Å². The van der Waals surface area contributed by atoms with Gasteiger partial charge in [-0.05, 0) is 29.5 Å². The first-order valence-corrected chi connectivity index (χ1v) is 9.20. The van der Waals surface area contributed by atoms with Crippen molar-refractivity contribution in [2.45, 2.75) is 10.5 Å². The largest absolute Gasteiger partial charge is 0.508 e. The van der Waals surface area contributed by atoms with Gasteiger partial charge in [0.05, 0.1) is 0 Å². The minimum absolute atomic E-state index is 0.104. The molecule has 118 valence electrons. The molecule has 3 aromatic rings. The van der Waals surface area contributed by atoms with Crippen molar-refractivity contribution in [2.24, 2.45) is 0 Å². The molecule has 0 amide bonds. The molecular formula is C17H12N4OS2. The quantitative estimate of drug-likeness (QED) is 0.754. The second-order valence-corrected chi connectivity index (χ2v) is 7.41. The van der Waals surface area contributed by atoms with Crippen LogP contribution in [0.1, 0.15) is 10.9 Å². The zero-order valence-electron chi connectivity index (χ0n) is 12.4. The van der Waals surface area contributed by atoms with Crippen LogP contribution in [0, 0.1) is 0 Å². The summed E-state index contributed by atoms with van der Waals surface area (Å²) < 4.78 is 2.09. The lowest BCUT2D eigenvalue weighted by Crippen LogP contribution is -2.29. The molecule has 2 aliphatic rings. The average Bonchev–Trinajstić information content (AvgIpc) is 3.27. The summed E-state index contributed by atoms with van der Waals surface area (Å²) in [6.45, 7) is 0. The number of fused-ring (bicyclic) bond motifs is 3. The van der Waals surface area contributed by atoms with Crippen molar-refractivity contribution in [1.29, 1.82) is 0 Å². The van der Waals surface area contributed by atoms with Gasteiger partial charge in [-0.2, -0.15) is 0 Å². The third-order valence-corrected chi connectivity index (χ3v) is 6.17. The predicted octanol–water partition coefficient (Wildman–Crippen LogP) is 3.94. The lowest BCUT2D eigenvalue weighted by Gasteiger charge is -2.25. The third-order valence-electron chi connectivity index (χ3n) is 3.98. The summed E-state index contributed by atoms with van der Waals surface area (Å²) in [7, 11) is 0. The first-order chi connectivity index (χ1) is 11.8. The Morgan fingerprint density at radius 1 is 0.958 bits per heavy atom. The molecule has 0 radical (unpaired) electrons. The lowest BCUT2D eigenvalue weighted by atomic mass is 10.2. The van der Waals surface area contributed by atoms with Crippen molar-refractivity contribution in [3.05, 3.63) is 70.6 Å². The molecule has 0 bridgehead atoms. The Balaban J connectivity index is 1.60. The zero-order valence-corrected chi connectivity index (χ0v) is 14.0. The fraction of sp³-hybridized carbons (Fsp3) is 0.0588. The van der Waals surface area contributed by atoms with Crippen molar-refractivity contribution in [3.63, 3.8) is 0 Å². The van der Waals surface area contributed by atoms with Gasteiger partial charge in [0.15, 0.2) is 5.82 Å². The van der Waals surface area contributed by atoms with Gasteiger partial charge in [-0.25, -0.2) is 4.68 Å². The number of phenols is 1. The van der Waals surface area contributed by atoms with E-state index in [0.717, 1.165) is 27.1 Å². The fourth-order valence-corrected chi connectivity index (χ4v) is 5.09. The van der Waals surface area contributed by atoms with Gasteiger partial charge in [0.25, 0.3) is 0 Å². The number of thioether (sulfide) groups is 2. The smallest absolute Gasteiger partial charge is 0.217 e. The molecule has 2 aliphatic heterocycles. The van der Waals surface area contributed by atoms with Crippen LogP contribution in [0.2, 0.25) is 0 Å². The molecule has 5 nitrogen and oxygen atoms in total. The molecule has 0 spiro atoms. The number of rotatable bonds is 2. The number of aromatic hydroxyl groups is 1. The van der Waals surface area contributed by atoms with Crippen molar-refractivity contribution >= 4 is 23.5 Å². The van der Waals surface area contributed by atoms with E-state index in [4.69, 9.17) is 0 Å². The fourth-order valence-electron chi connectivity index (χ4n) is 2.87. The average molecular weight is 352 g/mol. The second kappa shape index (κ2) is 5.32. The molecule has 0 saturated carbocycles. The van der Waals surface area contributed by atoms with Gasteiger partial charge >= 0.3 is 0 Å². The normalized spacial score (nSPS) is 18.4. The Hall–Kier alpha value is -2.38.